The van der Waals surface area contributed by atoms with E-state index >= 15 is 0 Å². The molecule has 0 amide bonds. The maximum Gasteiger partial charge on any atom is 0.573 e. The van der Waals surface area contributed by atoms with Crippen LogP contribution >= 0.6 is 22.9 Å². The fourth-order valence-electron chi connectivity index (χ4n) is 1.21. The molecule has 2 aromatic rings. The Morgan fingerprint density at radius 2 is 2.00 bits per heavy atom. The van der Waals surface area contributed by atoms with Crippen molar-refractivity contribution in [1.29, 1.82) is 0 Å². The van der Waals surface area contributed by atoms with Crippen LogP contribution in [0.3, 0.4) is 0 Å². The van der Waals surface area contributed by atoms with E-state index in [-0.39, 0.29) is 16.6 Å². The first kappa shape index (κ1) is 13.0. The number of anilines is 2. The van der Waals surface area contributed by atoms with Crippen molar-refractivity contribution in [2.24, 2.45) is 0 Å². The van der Waals surface area contributed by atoms with Crippen molar-refractivity contribution in [3.63, 3.8) is 0 Å². The molecule has 0 saturated heterocycles. The average Bonchev–Trinajstić information content (AvgIpc) is 2.65. The summed E-state index contributed by atoms with van der Waals surface area (Å²) in [4.78, 5) is 3.88. The van der Waals surface area contributed by atoms with E-state index in [1.165, 1.54) is 29.5 Å². The Morgan fingerprint density at radius 3 is 2.61 bits per heavy atom. The van der Waals surface area contributed by atoms with Crippen LogP contribution in [0, 0.1) is 0 Å². The third kappa shape index (κ3) is 3.51. The molecule has 8 heteroatoms. The number of aromatic nitrogens is 1. The van der Waals surface area contributed by atoms with Gasteiger partial charge in [-0.2, -0.15) is 0 Å². The van der Waals surface area contributed by atoms with Gasteiger partial charge in [0.2, 0.25) is 0 Å². The Kier molecular flexibility index (Phi) is 3.63. The summed E-state index contributed by atoms with van der Waals surface area (Å²) in [6, 6.07) is 5.70. The Hall–Kier alpha value is -1.47. The number of halogens is 4. The number of hydrogen-bond donors (Lipinski definition) is 1. The second kappa shape index (κ2) is 5.03. The highest BCUT2D eigenvalue weighted by Crippen LogP contribution is 2.33. The number of para-hydroxylation sites is 2. The Labute approximate surface area is 109 Å². The van der Waals surface area contributed by atoms with E-state index in [1.54, 1.807) is 11.4 Å². The summed E-state index contributed by atoms with van der Waals surface area (Å²) in [5.41, 5.74) is 0.167. The molecular formula is C10H6ClF3N2OS. The molecule has 1 heterocycles. The highest BCUT2D eigenvalue weighted by atomic mass is 35.5. The molecule has 0 bridgehead atoms. The summed E-state index contributed by atoms with van der Waals surface area (Å²) in [7, 11) is 0. The molecule has 0 aliphatic heterocycles. The number of benzene rings is 1. The topological polar surface area (TPSA) is 34.1 Å². The van der Waals surface area contributed by atoms with Crippen LogP contribution in [0.2, 0.25) is 5.15 Å². The molecule has 0 atom stereocenters. The van der Waals surface area contributed by atoms with Crippen molar-refractivity contribution >= 4 is 33.8 Å². The summed E-state index contributed by atoms with van der Waals surface area (Å²) < 4.78 is 40.4. The maximum atomic E-state index is 12.2. The maximum absolute atomic E-state index is 12.2. The fraction of sp³-hybridized carbons (Fsp3) is 0.100. The van der Waals surface area contributed by atoms with E-state index in [4.69, 9.17) is 11.6 Å². The molecular weight excluding hydrogens is 289 g/mol. The monoisotopic (exact) mass is 294 g/mol. The third-order valence-electron chi connectivity index (χ3n) is 1.83. The van der Waals surface area contributed by atoms with E-state index in [9.17, 15) is 13.2 Å². The smallest absolute Gasteiger partial charge is 0.404 e. The summed E-state index contributed by atoms with van der Waals surface area (Å²) >= 11 is 6.80. The standard InChI is InChI=1S/C10H6ClF3N2OS/c11-8-5-18-9(16-8)15-6-3-1-2-4-7(6)17-10(12,13)14/h1-5H,(H,15,16). The average molecular weight is 295 g/mol. The van der Waals surface area contributed by atoms with Gasteiger partial charge in [-0.1, -0.05) is 23.7 Å². The molecule has 0 fully saturated rings. The molecule has 1 aromatic heterocycles. The second-order valence-corrected chi connectivity index (χ2v) is 4.39. The van der Waals surface area contributed by atoms with Crippen LogP contribution in [0.25, 0.3) is 0 Å². The van der Waals surface area contributed by atoms with Gasteiger partial charge in [0, 0.05) is 5.38 Å². The number of nitrogens with one attached hydrogen (secondary N) is 1. The number of nitrogens with zero attached hydrogens (tertiary/aromatic N) is 1. The first-order chi connectivity index (χ1) is 8.44. The molecule has 0 saturated carbocycles. The lowest BCUT2D eigenvalue weighted by atomic mass is 10.3. The third-order valence-corrected chi connectivity index (χ3v) is 2.91. The predicted molar refractivity (Wildman–Crippen MR) is 63.5 cm³/mol. The lowest BCUT2D eigenvalue weighted by Crippen LogP contribution is -2.17. The van der Waals surface area contributed by atoms with E-state index in [2.05, 4.69) is 15.0 Å². The SMILES string of the molecule is FC(F)(F)Oc1ccccc1Nc1nc(Cl)cs1. The van der Waals surface area contributed by atoms with Gasteiger partial charge in [-0.3, -0.25) is 0 Å². The van der Waals surface area contributed by atoms with E-state index in [1.807, 2.05) is 0 Å². The first-order valence-electron chi connectivity index (χ1n) is 4.67. The number of alkyl halides is 3. The first-order valence-corrected chi connectivity index (χ1v) is 5.92. The summed E-state index contributed by atoms with van der Waals surface area (Å²) in [5, 5.41) is 4.94. The zero-order valence-electron chi connectivity index (χ0n) is 8.66. The van der Waals surface area contributed by atoms with Crippen LogP contribution in [-0.2, 0) is 0 Å². The van der Waals surface area contributed by atoms with E-state index < -0.39 is 6.36 Å². The summed E-state index contributed by atoms with van der Waals surface area (Å²) in [5.74, 6) is -0.323. The molecule has 96 valence electrons. The molecule has 0 unspecified atom stereocenters. The Balaban J connectivity index is 2.22. The summed E-state index contributed by atoms with van der Waals surface area (Å²) in [6.45, 7) is 0. The van der Waals surface area contributed by atoms with Gasteiger partial charge in [0.05, 0.1) is 5.69 Å². The van der Waals surface area contributed by atoms with E-state index in [0.717, 1.165) is 0 Å². The van der Waals surface area contributed by atoms with Crippen LogP contribution in [0.4, 0.5) is 24.0 Å². The van der Waals surface area contributed by atoms with Gasteiger partial charge in [0.15, 0.2) is 10.9 Å². The largest absolute Gasteiger partial charge is 0.573 e. The van der Waals surface area contributed by atoms with Crippen LogP contribution in [0.5, 0.6) is 5.75 Å². The zero-order chi connectivity index (χ0) is 13.2. The van der Waals surface area contributed by atoms with Gasteiger partial charge in [0.25, 0.3) is 0 Å². The lowest BCUT2D eigenvalue weighted by Gasteiger charge is -2.13. The number of thiazole rings is 1. The number of hydrogen-bond acceptors (Lipinski definition) is 4. The van der Waals surface area contributed by atoms with Crippen molar-refractivity contribution < 1.29 is 17.9 Å². The minimum atomic E-state index is -4.74. The quantitative estimate of drug-likeness (QED) is 0.909. The van der Waals surface area contributed by atoms with Crippen molar-refractivity contribution in [2.45, 2.75) is 6.36 Å². The molecule has 0 spiro atoms. The zero-order valence-corrected chi connectivity index (χ0v) is 10.2. The fourth-order valence-corrected chi connectivity index (χ4v) is 2.06. The molecule has 0 radical (unpaired) electrons. The second-order valence-electron chi connectivity index (χ2n) is 3.14. The van der Waals surface area contributed by atoms with E-state index in [0.29, 0.717) is 5.13 Å². The highest BCUT2D eigenvalue weighted by Gasteiger charge is 2.32. The molecule has 0 aliphatic carbocycles. The van der Waals surface area contributed by atoms with Crippen LogP contribution < -0.4 is 10.1 Å². The number of rotatable bonds is 3. The number of ether oxygens (including phenoxy) is 1. The van der Waals surface area contributed by atoms with Crippen molar-refractivity contribution in [3.05, 3.63) is 34.8 Å². The van der Waals surface area contributed by atoms with Gasteiger partial charge in [-0.25, -0.2) is 4.98 Å². The van der Waals surface area contributed by atoms with Gasteiger partial charge in [-0.15, -0.1) is 24.5 Å². The highest BCUT2D eigenvalue weighted by molar-refractivity contribution is 7.14. The Morgan fingerprint density at radius 1 is 1.28 bits per heavy atom. The van der Waals surface area contributed by atoms with Crippen molar-refractivity contribution in [1.82, 2.24) is 4.98 Å². The molecule has 18 heavy (non-hydrogen) atoms. The minimum absolute atomic E-state index is 0.167. The van der Waals surface area contributed by atoms with Crippen LogP contribution in [0.1, 0.15) is 0 Å². The van der Waals surface area contributed by atoms with Crippen LogP contribution in [0.15, 0.2) is 29.6 Å². The van der Waals surface area contributed by atoms with Gasteiger partial charge >= 0.3 is 6.36 Å². The summed E-state index contributed by atoms with van der Waals surface area (Å²) in [6.07, 6.45) is -4.74. The molecule has 0 aliphatic rings. The molecule has 1 aromatic carbocycles. The van der Waals surface area contributed by atoms with Gasteiger partial charge in [0.1, 0.15) is 5.15 Å². The van der Waals surface area contributed by atoms with Crippen molar-refractivity contribution in [3.8, 4) is 5.75 Å². The van der Waals surface area contributed by atoms with Crippen LogP contribution in [-0.4, -0.2) is 11.3 Å². The van der Waals surface area contributed by atoms with Gasteiger partial charge in [-0.05, 0) is 12.1 Å². The lowest BCUT2D eigenvalue weighted by molar-refractivity contribution is -0.274. The molecule has 3 nitrogen and oxygen atoms in total. The molecule has 1 N–H and O–H groups in total. The van der Waals surface area contributed by atoms with Crippen molar-refractivity contribution in [2.75, 3.05) is 5.32 Å². The molecule has 2 rings (SSSR count). The normalized spacial score (nSPS) is 11.3. The minimum Gasteiger partial charge on any atom is -0.404 e. The Bertz CT molecular complexity index is 544. The van der Waals surface area contributed by atoms with Gasteiger partial charge < -0.3 is 10.1 Å². The predicted octanol–water partition coefficient (Wildman–Crippen LogP) is 4.44.